The lowest BCUT2D eigenvalue weighted by Gasteiger charge is -2.35. The topological polar surface area (TPSA) is 29.3 Å². The van der Waals surface area contributed by atoms with Crippen LogP contribution in [0.1, 0.15) is 18.9 Å². The SMILES string of the molecule is CC1CN(Cc2cc(Br)ccc2Cl)CCC1N.Cl. The number of benzene rings is 1. The molecule has 1 aliphatic rings. The van der Waals surface area contributed by atoms with Crippen molar-refractivity contribution in [1.29, 1.82) is 0 Å². The summed E-state index contributed by atoms with van der Waals surface area (Å²) in [6.45, 7) is 5.26. The Morgan fingerprint density at radius 2 is 2.22 bits per heavy atom. The molecule has 0 aromatic heterocycles. The molecule has 102 valence electrons. The van der Waals surface area contributed by atoms with Crippen molar-refractivity contribution in [3.05, 3.63) is 33.3 Å². The number of halogens is 3. The molecule has 1 saturated heterocycles. The van der Waals surface area contributed by atoms with Crippen molar-refractivity contribution < 1.29 is 0 Å². The summed E-state index contributed by atoms with van der Waals surface area (Å²) in [7, 11) is 0. The molecular weight excluding hydrogens is 335 g/mol. The van der Waals surface area contributed by atoms with Crippen molar-refractivity contribution in [3.8, 4) is 0 Å². The van der Waals surface area contributed by atoms with Gasteiger partial charge in [-0.25, -0.2) is 0 Å². The molecule has 5 heteroatoms. The molecule has 1 aromatic carbocycles. The molecule has 2 atom stereocenters. The number of likely N-dealkylation sites (tertiary alicyclic amines) is 1. The van der Waals surface area contributed by atoms with E-state index >= 15 is 0 Å². The first kappa shape index (κ1) is 16.3. The average molecular weight is 354 g/mol. The number of nitrogens with zero attached hydrogens (tertiary/aromatic N) is 1. The fourth-order valence-electron chi connectivity index (χ4n) is 2.30. The van der Waals surface area contributed by atoms with Crippen molar-refractivity contribution in [2.45, 2.75) is 25.9 Å². The maximum absolute atomic E-state index is 6.21. The van der Waals surface area contributed by atoms with Gasteiger partial charge in [-0.1, -0.05) is 34.5 Å². The van der Waals surface area contributed by atoms with Crippen molar-refractivity contribution in [1.82, 2.24) is 4.90 Å². The van der Waals surface area contributed by atoms with Crippen molar-refractivity contribution in [3.63, 3.8) is 0 Å². The molecule has 2 N–H and O–H groups in total. The van der Waals surface area contributed by atoms with Crippen molar-refractivity contribution in [2.75, 3.05) is 13.1 Å². The Labute approximate surface area is 128 Å². The van der Waals surface area contributed by atoms with Crippen LogP contribution in [0.4, 0.5) is 0 Å². The van der Waals surface area contributed by atoms with E-state index in [0.29, 0.717) is 12.0 Å². The molecule has 2 rings (SSSR count). The Balaban J connectivity index is 0.00000162. The van der Waals surface area contributed by atoms with Gasteiger partial charge in [0, 0.05) is 28.6 Å². The van der Waals surface area contributed by atoms with Crippen LogP contribution < -0.4 is 5.73 Å². The van der Waals surface area contributed by atoms with Gasteiger partial charge >= 0.3 is 0 Å². The second-order valence-electron chi connectivity index (χ2n) is 4.90. The third-order valence-electron chi connectivity index (χ3n) is 3.46. The Hall–Kier alpha value is 0.200. The molecule has 0 aliphatic carbocycles. The highest BCUT2D eigenvalue weighted by Gasteiger charge is 2.23. The molecule has 1 fully saturated rings. The molecule has 0 saturated carbocycles. The summed E-state index contributed by atoms with van der Waals surface area (Å²) in [4.78, 5) is 2.43. The Morgan fingerprint density at radius 3 is 2.89 bits per heavy atom. The second kappa shape index (κ2) is 7.11. The molecule has 0 spiro atoms. The van der Waals surface area contributed by atoms with E-state index in [1.54, 1.807) is 0 Å². The largest absolute Gasteiger partial charge is 0.327 e. The number of hydrogen-bond donors (Lipinski definition) is 1. The Bertz CT molecular complexity index is 401. The first-order valence-corrected chi connectivity index (χ1v) is 7.15. The molecule has 18 heavy (non-hydrogen) atoms. The molecule has 2 unspecified atom stereocenters. The van der Waals surface area contributed by atoms with Gasteiger partial charge in [0.05, 0.1) is 0 Å². The normalized spacial score (nSPS) is 24.7. The van der Waals surface area contributed by atoms with Gasteiger partial charge < -0.3 is 5.73 Å². The third kappa shape index (κ3) is 4.10. The summed E-state index contributed by atoms with van der Waals surface area (Å²) in [6.07, 6.45) is 1.08. The minimum Gasteiger partial charge on any atom is -0.327 e. The maximum atomic E-state index is 6.21. The van der Waals surface area contributed by atoms with Gasteiger partial charge in [-0.3, -0.25) is 4.90 Å². The first-order valence-electron chi connectivity index (χ1n) is 5.98. The predicted molar refractivity (Wildman–Crippen MR) is 83.4 cm³/mol. The van der Waals surface area contributed by atoms with E-state index < -0.39 is 0 Å². The summed E-state index contributed by atoms with van der Waals surface area (Å²) in [5.41, 5.74) is 7.21. The third-order valence-corrected chi connectivity index (χ3v) is 4.32. The van der Waals surface area contributed by atoms with Crippen LogP contribution in [-0.2, 0) is 6.54 Å². The van der Waals surface area contributed by atoms with Gasteiger partial charge in [-0.05, 0) is 42.6 Å². The number of rotatable bonds is 2. The van der Waals surface area contributed by atoms with Gasteiger partial charge in [0.15, 0.2) is 0 Å². The number of nitrogens with two attached hydrogens (primary N) is 1. The van der Waals surface area contributed by atoms with Crippen LogP contribution in [0.3, 0.4) is 0 Å². The van der Waals surface area contributed by atoms with Gasteiger partial charge in [-0.15, -0.1) is 12.4 Å². The van der Waals surface area contributed by atoms with Gasteiger partial charge in [0.25, 0.3) is 0 Å². The molecule has 1 heterocycles. The summed E-state index contributed by atoms with van der Waals surface area (Å²) in [5, 5.41) is 0.843. The quantitative estimate of drug-likeness (QED) is 0.878. The lowest BCUT2D eigenvalue weighted by molar-refractivity contribution is 0.158. The van der Waals surface area contributed by atoms with Gasteiger partial charge in [0.1, 0.15) is 0 Å². The molecule has 1 aliphatic heterocycles. The van der Waals surface area contributed by atoms with E-state index in [2.05, 4.69) is 33.8 Å². The monoisotopic (exact) mass is 352 g/mol. The zero-order chi connectivity index (χ0) is 12.4. The lowest BCUT2D eigenvalue weighted by Crippen LogP contribution is -2.45. The minimum absolute atomic E-state index is 0. The highest BCUT2D eigenvalue weighted by atomic mass is 79.9. The highest BCUT2D eigenvalue weighted by molar-refractivity contribution is 9.10. The van der Waals surface area contributed by atoms with Gasteiger partial charge in [-0.2, -0.15) is 0 Å². The van der Waals surface area contributed by atoms with Crippen molar-refractivity contribution in [2.24, 2.45) is 11.7 Å². The molecule has 0 radical (unpaired) electrons. The Kier molecular flexibility index (Phi) is 6.42. The predicted octanol–water partition coefficient (Wildman–Crippen LogP) is 3.69. The summed E-state index contributed by atoms with van der Waals surface area (Å²) < 4.78 is 1.08. The highest BCUT2D eigenvalue weighted by Crippen LogP contribution is 2.24. The fraction of sp³-hybridized carbons (Fsp3) is 0.538. The summed E-state index contributed by atoms with van der Waals surface area (Å²) in [6, 6.07) is 6.37. The van der Waals surface area contributed by atoms with Crippen LogP contribution in [0.5, 0.6) is 0 Å². The van der Waals surface area contributed by atoms with E-state index in [9.17, 15) is 0 Å². The van der Waals surface area contributed by atoms with E-state index in [1.165, 1.54) is 5.56 Å². The maximum Gasteiger partial charge on any atom is 0.0451 e. The lowest BCUT2D eigenvalue weighted by atomic mass is 9.94. The molecule has 0 bridgehead atoms. The molecule has 1 aromatic rings. The minimum atomic E-state index is 0. The van der Waals surface area contributed by atoms with E-state index in [1.807, 2.05) is 12.1 Å². The molecule has 0 amide bonds. The molecular formula is C13H19BrCl2N2. The standard InChI is InChI=1S/C13H18BrClN2.ClH/c1-9-7-17(5-4-13(9)16)8-10-6-11(14)2-3-12(10)15;/h2-3,6,9,13H,4-5,7-8,16H2,1H3;1H. The number of piperidine rings is 1. The fourth-order valence-corrected chi connectivity index (χ4v) is 2.88. The van der Waals surface area contributed by atoms with E-state index in [4.69, 9.17) is 17.3 Å². The summed E-state index contributed by atoms with van der Waals surface area (Å²) in [5.74, 6) is 0.565. The van der Waals surface area contributed by atoms with Crippen LogP contribution in [0.25, 0.3) is 0 Å². The average Bonchev–Trinajstić information content (AvgIpc) is 2.29. The van der Waals surface area contributed by atoms with E-state index in [0.717, 1.165) is 35.6 Å². The first-order chi connectivity index (χ1) is 8.06. The van der Waals surface area contributed by atoms with Gasteiger partial charge in [0.2, 0.25) is 0 Å². The van der Waals surface area contributed by atoms with Crippen molar-refractivity contribution >= 4 is 39.9 Å². The molecule has 2 nitrogen and oxygen atoms in total. The van der Waals surface area contributed by atoms with Crippen LogP contribution in [0, 0.1) is 5.92 Å². The van der Waals surface area contributed by atoms with Crippen LogP contribution in [0.2, 0.25) is 5.02 Å². The van der Waals surface area contributed by atoms with Crippen LogP contribution in [-0.4, -0.2) is 24.0 Å². The smallest absolute Gasteiger partial charge is 0.0451 e. The zero-order valence-corrected chi connectivity index (χ0v) is 13.6. The van der Waals surface area contributed by atoms with Crippen LogP contribution in [0.15, 0.2) is 22.7 Å². The zero-order valence-electron chi connectivity index (χ0n) is 10.4. The Morgan fingerprint density at radius 1 is 1.50 bits per heavy atom. The second-order valence-corrected chi connectivity index (χ2v) is 6.22. The van der Waals surface area contributed by atoms with Crippen LogP contribution >= 0.6 is 39.9 Å². The number of hydrogen-bond acceptors (Lipinski definition) is 2. The summed E-state index contributed by atoms with van der Waals surface area (Å²) >= 11 is 9.69. The van der Waals surface area contributed by atoms with E-state index in [-0.39, 0.29) is 12.4 Å².